The standard InChI is InChI=1S/C16H21FN2O/c1-5-10-18-14(20)11-19-15(16(2,3)4)12-6-8-13(17)9-7-12/h1,6-9,15,19H,10-11H2,2-4H3,(H,18,20). The zero-order chi connectivity index (χ0) is 15.2. The Morgan fingerprint density at radius 3 is 2.45 bits per heavy atom. The molecular formula is C16H21FN2O. The maximum absolute atomic E-state index is 13.0. The molecule has 0 aliphatic heterocycles. The Morgan fingerprint density at radius 2 is 1.95 bits per heavy atom. The molecule has 108 valence electrons. The van der Waals surface area contributed by atoms with E-state index >= 15 is 0 Å². The first-order valence-electron chi connectivity index (χ1n) is 6.53. The molecule has 0 fully saturated rings. The summed E-state index contributed by atoms with van der Waals surface area (Å²) in [6, 6.07) is 6.26. The molecule has 2 N–H and O–H groups in total. The number of terminal acetylenes is 1. The van der Waals surface area contributed by atoms with Gasteiger partial charge in [0.25, 0.3) is 0 Å². The van der Waals surface area contributed by atoms with Gasteiger partial charge in [0.1, 0.15) is 5.82 Å². The molecule has 1 unspecified atom stereocenters. The minimum absolute atomic E-state index is 0.0558. The van der Waals surface area contributed by atoms with Crippen molar-refractivity contribution >= 4 is 5.91 Å². The molecule has 1 amide bonds. The highest BCUT2D eigenvalue weighted by Crippen LogP contribution is 2.32. The summed E-state index contributed by atoms with van der Waals surface area (Å²) >= 11 is 0. The summed E-state index contributed by atoms with van der Waals surface area (Å²) in [4.78, 5) is 11.6. The van der Waals surface area contributed by atoms with E-state index in [9.17, 15) is 9.18 Å². The van der Waals surface area contributed by atoms with Crippen LogP contribution in [0.1, 0.15) is 32.4 Å². The molecule has 1 aromatic carbocycles. The van der Waals surface area contributed by atoms with Crippen LogP contribution in [0.2, 0.25) is 0 Å². The minimum atomic E-state index is -0.270. The van der Waals surface area contributed by atoms with E-state index in [1.165, 1.54) is 12.1 Å². The maximum atomic E-state index is 13.0. The largest absolute Gasteiger partial charge is 0.344 e. The molecule has 1 aromatic rings. The molecule has 0 bridgehead atoms. The lowest BCUT2D eigenvalue weighted by molar-refractivity contribution is -0.120. The minimum Gasteiger partial charge on any atom is -0.344 e. The predicted octanol–water partition coefficient (Wildman–Crippen LogP) is 2.25. The molecule has 1 atom stereocenters. The van der Waals surface area contributed by atoms with Crippen LogP contribution in [0.3, 0.4) is 0 Å². The molecule has 0 spiro atoms. The molecule has 20 heavy (non-hydrogen) atoms. The number of halogens is 1. The van der Waals surface area contributed by atoms with E-state index in [0.29, 0.717) is 0 Å². The molecule has 0 radical (unpaired) electrons. The molecule has 0 aliphatic rings. The molecule has 0 aromatic heterocycles. The van der Waals surface area contributed by atoms with E-state index in [1.54, 1.807) is 12.1 Å². The normalized spacial score (nSPS) is 12.6. The predicted molar refractivity (Wildman–Crippen MR) is 78.4 cm³/mol. The SMILES string of the molecule is C#CCNC(=O)CNC(c1ccc(F)cc1)C(C)(C)C. The van der Waals surface area contributed by atoms with Gasteiger partial charge < -0.3 is 10.6 Å². The summed E-state index contributed by atoms with van der Waals surface area (Å²) in [5.74, 6) is 1.93. The van der Waals surface area contributed by atoms with Gasteiger partial charge >= 0.3 is 0 Å². The monoisotopic (exact) mass is 276 g/mol. The molecular weight excluding hydrogens is 255 g/mol. The molecule has 0 saturated heterocycles. The van der Waals surface area contributed by atoms with Crippen molar-refractivity contribution in [2.75, 3.05) is 13.1 Å². The van der Waals surface area contributed by atoms with Gasteiger partial charge in [0.2, 0.25) is 5.91 Å². The van der Waals surface area contributed by atoms with Gasteiger partial charge in [-0.1, -0.05) is 38.8 Å². The Kier molecular flexibility index (Phi) is 5.72. The van der Waals surface area contributed by atoms with E-state index in [4.69, 9.17) is 6.42 Å². The van der Waals surface area contributed by atoms with Crippen LogP contribution in [0.5, 0.6) is 0 Å². The van der Waals surface area contributed by atoms with Crippen LogP contribution in [-0.2, 0) is 4.79 Å². The molecule has 4 heteroatoms. The van der Waals surface area contributed by atoms with E-state index in [0.717, 1.165) is 5.56 Å². The van der Waals surface area contributed by atoms with Crippen LogP contribution >= 0.6 is 0 Å². The summed E-state index contributed by atoms with van der Waals surface area (Å²) in [5.41, 5.74) is 0.841. The fourth-order valence-corrected chi connectivity index (χ4v) is 1.99. The highest BCUT2D eigenvalue weighted by Gasteiger charge is 2.26. The summed E-state index contributed by atoms with van der Waals surface area (Å²) < 4.78 is 13.0. The number of hydrogen-bond acceptors (Lipinski definition) is 2. The van der Waals surface area contributed by atoms with E-state index in [-0.39, 0.29) is 36.3 Å². The van der Waals surface area contributed by atoms with Gasteiger partial charge in [0, 0.05) is 6.04 Å². The van der Waals surface area contributed by atoms with Gasteiger partial charge in [-0.15, -0.1) is 6.42 Å². The first-order chi connectivity index (χ1) is 9.34. The van der Waals surface area contributed by atoms with Crippen molar-refractivity contribution in [3.8, 4) is 12.3 Å². The van der Waals surface area contributed by atoms with Crippen molar-refractivity contribution in [3.63, 3.8) is 0 Å². The summed E-state index contributed by atoms with van der Waals surface area (Å²) in [6.07, 6.45) is 5.09. The molecule has 0 saturated carbocycles. The van der Waals surface area contributed by atoms with Gasteiger partial charge in [0.05, 0.1) is 13.1 Å². The van der Waals surface area contributed by atoms with E-state index in [2.05, 4.69) is 37.3 Å². The van der Waals surface area contributed by atoms with Crippen molar-refractivity contribution in [2.24, 2.45) is 5.41 Å². The lowest BCUT2D eigenvalue weighted by Crippen LogP contribution is -2.40. The first-order valence-corrected chi connectivity index (χ1v) is 6.53. The number of carbonyl (C=O) groups excluding carboxylic acids is 1. The Bertz CT molecular complexity index is 483. The lowest BCUT2D eigenvalue weighted by atomic mass is 9.82. The van der Waals surface area contributed by atoms with Gasteiger partial charge in [0.15, 0.2) is 0 Å². The second kappa shape index (κ2) is 7.06. The van der Waals surface area contributed by atoms with Crippen LogP contribution in [0.25, 0.3) is 0 Å². The zero-order valence-electron chi connectivity index (χ0n) is 12.2. The maximum Gasteiger partial charge on any atom is 0.234 e. The fourth-order valence-electron chi connectivity index (χ4n) is 1.99. The average molecular weight is 276 g/mol. The molecule has 3 nitrogen and oxygen atoms in total. The number of carbonyl (C=O) groups is 1. The number of nitrogens with one attached hydrogen (secondary N) is 2. The van der Waals surface area contributed by atoms with Crippen molar-refractivity contribution in [3.05, 3.63) is 35.6 Å². The van der Waals surface area contributed by atoms with Crippen LogP contribution < -0.4 is 10.6 Å². The third kappa shape index (κ3) is 5.02. The highest BCUT2D eigenvalue weighted by molar-refractivity contribution is 5.78. The summed E-state index contributed by atoms with van der Waals surface area (Å²) in [5, 5.41) is 5.80. The smallest absolute Gasteiger partial charge is 0.234 e. The van der Waals surface area contributed by atoms with Crippen LogP contribution in [0.4, 0.5) is 4.39 Å². The van der Waals surface area contributed by atoms with Crippen molar-refractivity contribution in [1.82, 2.24) is 10.6 Å². The topological polar surface area (TPSA) is 41.1 Å². The number of amides is 1. The Hall–Kier alpha value is -1.86. The van der Waals surface area contributed by atoms with Crippen molar-refractivity contribution < 1.29 is 9.18 Å². The molecule has 1 rings (SSSR count). The number of rotatable bonds is 5. The molecule has 0 aliphatic carbocycles. The number of benzene rings is 1. The van der Waals surface area contributed by atoms with Crippen LogP contribution in [0.15, 0.2) is 24.3 Å². The molecule has 0 heterocycles. The first kappa shape index (κ1) is 16.2. The van der Waals surface area contributed by atoms with Crippen molar-refractivity contribution in [1.29, 1.82) is 0 Å². The Labute approximate surface area is 120 Å². The third-order valence-electron chi connectivity index (χ3n) is 2.92. The van der Waals surface area contributed by atoms with Crippen LogP contribution in [-0.4, -0.2) is 19.0 Å². The van der Waals surface area contributed by atoms with Gasteiger partial charge in [-0.05, 0) is 23.1 Å². The van der Waals surface area contributed by atoms with E-state index in [1.807, 2.05) is 0 Å². The zero-order valence-corrected chi connectivity index (χ0v) is 12.2. The number of hydrogen-bond donors (Lipinski definition) is 2. The quantitative estimate of drug-likeness (QED) is 0.810. The highest BCUT2D eigenvalue weighted by atomic mass is 19.1. The summed E-state index contributed by atoms with van der Waals surface area (Å²) in [7, 11) is 0. The average Bonchev–Trinajstić information content (AvgIpc) is 2.37. The summed E-state index contributed by atoms with van der Waals surface area (Å²) in [6.45, 7) is 6.58. The van der Waals surface area contributed by atoms with Gasteiger partial charge in [-0.3, -0.25) is 4.79 Å². The second-order valence-corrected chi connectivity index (χ2v) is 5.71. The van der Waals surface area contributed by atoms with Gasteiger partial charge in [-0.25, -0.2) is 4.39 Å². The fraction of sp³-hybridized carbons (Fsp3) is 0.438. The van der Waals surface area contributed by atoms with E-state index < -0.39 is 0 Å². The Morgan fingerprint density at radius 1 is 1.35 bits per heavy atom. The second-order valence-electron chi connectivity index (χ2n) is 5.71. The lowest BCUT2D eigenvalue weighted by Gasteiger charge is -2.32. The third-order valence-corrected chi connectivity index (χ3v) is 2.92. The van der Waals surface area contributed by atoms with Gasteiger partial charge in [-0.2, -0.15) is 0 Å². The van der Waals surface area contributed by atoms with Crippen molar-refractivity contribution in [2.45, 2.75) is 26.8 Å². The van der Waals surface area contributed by atoms with Crippen LogP contribution in [0, 0.1) is 23.6 Å². The Balaban J connectivity index is 2.74.